The van der Waals surface area contributed by atoms with Crippen molar-refractivity contribution in [1.29, 1.82) is 5.26 Å². The van der Waals surface area contributed by atoms with Crippen molar-refractivity contribution in [1.82, 2.24) is 29.0 Å². The number of hydrogen-bond acceptors (Lipinski definition) is 7. The number of fused-ring (bicyclic) bond motifs is 1. The molecule has 1 unspecified atom stereocenters. The molecule has 1 saturated heterocycles. The molecule has 10 nitrogen and oxygen atoms in total. The Hall–Kier alpha value is -5.01. The molecule has 6 rings (SSSR count). The largest absolute Gasteiger partial charge is 0.388 e. The van der Waals surface area contributed by atoms with E-state index >= 15 is 0 Å². The van der Waals surface area contributed by atoms with Gasteiger partial charge >= 0.3 is 0 Å². The number of benzene rings is 1. The highest BCUT2D eigenvalue weighted by molar-refractivity contribution is 5.78. The number of aliphatic hydroxyl groups excluding tert-OH is 1. The first-order chi connectivity index (χ1) is 19.5. The van der Waals surface area contributed by atoms with Crippen molar-refractivity contribution in [2.75, 3.05) is 31.1 Å². The van der Waals surface area contributed by atoms with E-state index in [4.69, 9.17) is 4.98 Å². The third-order valence-corrected chi connectivity index (χ3v) is 7.31. The number of rotatable bonds is 6. The fraction of sp³-hybridized carbons (Fsp3) is 0.233. The van der Waals surface area contributed by atoms with Gasteiger partial charge in [-0.3, -0.25) is 13.9 Å². The number of piperazine rings is 1. The van der Waals surface area contributed by atoms with Crippen LogP contribution in [0.5, 0.6) is 0 Å². The molecule has 0 spiro atoms. The van der Waals surface area contributed by atoms with E-state index in [2.05, 4.69) is 21.1 Å². The third-order valence-electron chi connectivity index (χ3n) is 7.31. The maximum atomic E-state index is 12.8. The molecule has 1 fully saturated rings. The maximum absolute atomic E-state index is 12.8. The molecule has 40 heavy (non-hydrogen) atoms. The van der Waals surface area contributed by atoms with E-state index in [0.29, 0.717) is 37.5 Å². The standard InChI is InChI=1S/C30H28N8O2/c1-35-20-24(18-34-35)23-13-26(38-25(16-31)19-33-29(38)14-23)22-7-8-28(32-17-22)36-9-11-37(12-10-36)30(40)15-27(39)21-5-3-2-4-6-21/h2-8,13-14,17-20,27,39H,9-12,15H2,1H3. The van der Waals surface area contributed by atoms with Gasteiger partial charge in [0.2, 0.25) is 5.91 Å². The lowest BCUT2D eigenvalue weighted by Crippen LogP contribution is -2.49. The average Bonchev–Trinajstić information content (AvgIpc) is 3.63. The number of carbonyl (C=O) groups is 1. The van der Waals surface area contributed by atoms with Gasteiger partial charge in [-0.15, -0.1) is 0 Å². The smallest absolute Gasteiger partial charge is 0.225 e. The minimum atomic E-state index is -0.805. The number of pyridine rings is 2. The molecule has 0 saturated carbocycles. The Kier molecular flexibility index (Phi) is 6.72. The Labute approximate surface area is 231 Å². The SMILES string of the molecule is Cn1cc(-c2cc(-c3ccc(N4CCN(C(=O)CC(O)c5ccccc5)CC4)nc3)n3c(C#N)cnc3c2)cn1. The van der Waals surface area contributed by atoms with Crippen molar-refractivity contribution >= 4 is 17.4 Å². The molecule has 1 aliphatic heterocycles. The topological polar surface area (TPSA) is 116 Å². The molecular weight excluding hydrogens is 504 g/mol. The van der Waals surface area contributed by atoms with E-state index in [9.17, 15) is 15.2 Å². The van der Waals surface area contributed by atoms with Gasteiger partial charge in [-0.1, -0.05) is 30.3 Å². The summed E-state index contributed by atoms with van der Waals surface area (Å²) in [5.41, 5.74) is 5.46. The first-order valence-electron chi connectivity index (χ1n) is 13.1. The number of nitrogens with zero attached hydrogens (tertiary/aromatic N) is 8. The van der Waals surface area contributed by atoms with Crippen LogP contribution in [-0.2, 0) is 11.8 Å². The van der Waals surface area contributed by atoms with Crippen LogP contribution in [-0.4, -0.2) is 66.2 Å². The van der Waals surface area contributed by atoms with Crippen LogP contribution < -0.4 is 4.90 Å². The monoisotopic (exact) mass is 532 g/mol. The maximum Gasteiger partial charge on any atom is 0.225 e. The lowest BCUT2D eigenvalue weighted by molar-refractivity contribution is -0.133. The molecule has 1 N–H and O–H groups in total. The van der Waals surface area contributed by atoms with Crippen molar-refractivity contribution < 1.29 is 9.90 Å². The number of anilines is 1. The zero-order valence-electron chi connectivity index (χ0n) is 22.1. The van der Waals surface area contributed by atoms with E-state index in [1.807, 2.05) is 78.4 Å². The third kappa shape index (κ3) is 4.90. The molecule has 1 aliphatic rings. The predicted molar refractivity (Wildman–Crippen MR) is 150 cm³/mol. The van der Waals surface area contributed by atoms with Gasteiger partial charge in [0.1, 0.15) is 23.2 Å². The summed E-state index contributed by atoms with van der Waals surface area (Å²) in [6, 6.07) is 19.4. The molecule has 1 amide bonds. The van der Waals surface area contributed by atoms with Gasteiger partial charge in [0.05, 0.1) is 30.6 Å². The quantitative estimate of drug-likeness (QED) is 0.356. The van der Waals surface area contributed by atoms with Gasteiger partial charge < -0.3 is 14.9 Å². The van der Waals surface area contributed by atoms with Gasteiger partial charge in [0.15, 0.2) is 0 Å². The van der Waals surface area contributed by atoms with Gasteiger partial charge in [-0.05, 0) is 35.4 Å². The average molecular weight is 533 g/mol. The number of nitriles is 1. The Morgan fingerprint density at radius 1 is 0.975 bits per heavy atom. The van der Waals surface area contributed by atoms with Crippen molar-refractivity contribution in [2.45, 2.75) is 12.5 Å². The second kappa shape index (κ2) is 10.6. The van der Waals surface area contributed by atoms with Crippen molar-refractivity contribution in [3.8, 4) is 28.5 Å². The number of aromatic nitrogens is 5. The highest BCUT2D eigenvalue weighted by Crippen LogP contribution is 2.30. The lowest BCUT2D eigenvalue weighted by atomic mass is 10.1. The summed E-state index contributed by atoms with van der Waals surface area (Å²) >= 11 is 0. The number of hydrogen-bond donors (Lipinski definition) is 1. The summed E-state index contributed by atoms with van der Waals surface area (Å²) < 4.78 is 3.59. The summed E-state index contributed by atoms with van der Waals surface area (Å²) in [5.74, 6) is 0.774. The number of carbonyl (C=O) groups excluding carboxylic acids is 1. The molecule has 0 radical (unpaired) electrons. The van der Waals surface area contributed by atoms with Gasteiger partial charge in [0.25, 0.3) is 0 Å². The summed E-state index contributed by atoms with van der Waals surface area (Å²) in [6.45, 7) is 2.44. The van der Waals surface area contributed by atoms with Crippen molar-refractivity contribution in [3.05, 3.63) is 90.6 Å². The van der Waals surface area contributed by atoms with E-state index < -0.39 is 6.10 Å². The Balaban J connectivity index is 1.18. The van der Waals surface area contributed by atoms with Gasteiger partial charge in [0, 0.05) is 56.7 Å². The van der Waals surface area contributed by atoms with Crippen LogP contribution in [0.3, 0.4) is 0 Å². The first-order valence-corrected chi connectivity index (χ1v) is 13.1. The molecule has 1 aromatic carbocycles. The molecule has 10 heteroatoms. The highest BCUT2D eigenvalue weighted by atomic mass is 16.3. The summed E-state index contributed by atoms with van der Waals surface area (Å²) in [4.78, 5) is 25.9. The van der Waals surface area contributed by atoms with Crippen LogP contribution in [0.1, 0.15) is 23.8 Å². The number of amides is 1. The molecule has 1 atom stereocenters. The van der Waals surface area contributed by atoms with E-state index in [-0.39, 0.29) is 12.3 Å². The van der Waals surface area contributed by atoms with E-state index in [1.54, 1.807) is 22.0 Å². The summed E-state index contributed by atoms with van der Waals surface area (Å²) in [6.07, 6.45) is 6.40. The fourth-order valence-electron chi connectivity index (χ4n) is 5.14. The normalized spacial score (nSPS) is 14.3. The van der Waals surface area contributed by atoms with Gasteiger partial charge in [-0.2, -0.15) is 10.4 Å². The molecule has 200 valence electrons. The zero-order valence-corrected chi connectivity index (χ0v) is 22.1. The second-order valence-electron chi connectivity index (χ2n) is 9.88. The first kappa shape index (κ1) is 25.3. The van der Waals surface area contributed by atoms with Gasteiger partial charge in [-0.25, -0.2) is 9.97 Å². The van der Waals surface area contributed by atoms with Crippen LogP contribution in [0.4, 0.5) is 5.82 Å². The van der Waals surface area contributed by atoms with E-state index in [0.717, 1.165) is 33.8 Å². The molecule has 5 aromatic rings. The Morgan fingerprint density at radius 2 is 1.77 bits per heavy atom. The second-order valence-corrected chi connectivity index (χ2v) is 9.88. The highest BCUT2D eigenvalue weighted by Gasteiger charge is 2.24. The molecule has 0 aliphatic carbocycles. The van der Waals surface area contributed by atoms with Crippen LogP contribution in [0.2, 0.25) is 0 Å². The van der Waals surface area contributed by atoms with Crippen LogP contribution in [0.25, 0.3) is 28.0 Å². The molecule has 5 heterocycles. The summed E-state index contributed by atoms with van der Waals surface area (Å²) in [5, 5.41) is 24.4. The number of aryl methyl sites for hydroxylation is 1. The predicted octanol–water partition coefficient (Wildman–Crippen LogP) is 3.44. The molecule has 0 bridgehead atoms. The van der Waals surface area contributed by atoms with Crippen LogP contribution in [0, 0.1) is 11.3 Å². The minimum Gasteiger partial charge on any atom is -0.388 e. The zero-order chi connectivity index (χ0) is 27.6. The lowest BCUT2D eigenvalue weighted by Gasteiger charge is -2.35. The van der Waals surface area contributed by atoms with Crippen molar-refractivity contribution in [3.63, 3.8) is 0 Å². The summed E-state index contributed by atoms with van der Waals surface area (Å²) in [7, 11) is 1.87. The van der Waals surface area contributed by atoms with Crippen molar-refractivity contribution in [2.24, 2.45) is 7.05 Å². The minimum absolute atomic E-state index is 0.0505. The molecule has 4 aromatic heterocycles. The Morgan fingerprint density at radius 3 is 2.45 bits per heavy atom. The van der Waals surface area contributed by atoms with Crippen LogP contribution >= 0.6 is 0 Å². The molecular formula is C30H28N8O2. The van der Waals surface area contributed by atoms with E-state index in [1.165, 1.54) is 0 Å². The Bertz CT molecular complexity index is 1690. The number of imidazole rings is 1. The number of aliphatic hydroxyl groups is 1. The van der Waals surface area contributed by atoms with Crippen LogP contribution in [0.15, 0.2) is 79.4 Å². The fourth-order valence-corrected chi connectivity index (χ4v) is 5.14.